The Kier molecular flexibility index (Phi) is 4.88. The standard InChI is InChI=1S/C13H19NO6/c1-8-6-10(15)14(11(8)16)9(2)7-18-12(17)19-20-13(3,4)5/h6,9H,7H2,1-5H3. The normalized spacial score (nSPS) is 17.1. The average molecular weight is 285 g/mol. The van der Waals surface area contributed by atoms with E-state index in [4.69, 9.17) is 9.62 Å². The maximum absolute atomic E-state index is 11.7. The Balaban J connectivity index is 2.41. The van der Waals surface area contributed by atoms with Crippen molar-refractivity contribution in [3.05, 3.63) is 11.6 Å². The molecule has 0 bridgehead atoms. The summed E-state index contributed by atoms with van der Waals surface area (Å²) in [5.74, 6) is -0.798. The Bertz CT molecular complexity index is 448. The van der Waals surface area contributed by atoms with Gasteiger partial charge in [-0.3, -0.25) is 19.4 Å². The van der Waals surface area contributed by atoms with Crippen molar-refractivity contribution in [1.82, 2.24) is 4.90 Å². The number of hydrogen-bond donors (Lipinski definition) is 0. The first kappa shape index (κ1) is 16.2. The molecule has 1 aliphatic rings. The van der Waals surface area contributed by atoms with E-state index in [1.807, 2.05) is 0 Å². The molecule has 0 radical (unpaired) electrons. The highest BCUT2D eigenvalue weighted by Crippen LogP contribution is 2.15. The second-order valence-corrected chi connectivity index (χ2v) is 5.53. The SMILES string of the molecule is CC1=CC(=O)N(C(C)COC(=O)OOC(C)(C)C)C1=O. The van der Waals surface area contributed by atoms with E-state index in [1.165, 1.54) is 6.08 Å². The Hall–Kier alpha value is -1.89. The summed E-state index contributed by atoms with van der Waals surface area (Å²) in [4.78, 5) is 44.8. The molecule has 1 aliphatic heterocycles. The molecule has 0 fully saturated rings. The first-order chi connectivity index (χ1) is 9.11. The van der Waals surface area contributed by atoms with Gasteiger partial charge in [0.05, 0.1) is 6.04 Å². The molecule has 1 atom stereocenters. The van der Waals surface area contributed by atoms with Gasteiger partial charge in [-0.25, -0.2) is 4.79 Å². The molecular weight excluding hydrogens is 266 g/mol. The van der Waals surface area contributed by atoms with Crippen LogP contribution in [0.25, 0.3) is 0 Å². The van der Waals surface area contributed by atoms with Crippen LogP contribution in [0.15, 0.2) is 11.6 Å². The van der Waals surface area contributed by atoms with Crippen LogP contribution < -0.4 is 0 Å². The lowest BCUT2D eigenvalue weighted by atomic mass is 10.2. The third-order valence-electron chi connectivity index (χ3n) is 2.38. The van der Waals surface area contributed by atoms with Crippen LogP contribution in [0.4, 0.5) is 4.79 Å². The fourth-order valence-corrected chi connectivity index (χ4v) is 1.47. The molecule has 0 spiro atoms. The molecule has 0 aromatic heterocycles. The van der Waals surface area contributed by atoms with Crippen molar-refractivity contribution >= 4 is 18.0 Å². The molecule has 2 amide bonds. The van der Waals surface area contributed by atoms with Gasteiger partial charge < -0.3 is 4.74 Å². The number of carbonyl (C=O) groups is 3. The highest BCUT2D eigenvalue weighted by Gasteiger charge is 2.33. The first-order valence-electron chi connectivity index (χ1n) is 6.20. The predicted octanol–water partition coefficient (Wildman–Crippen LogP) is 1.57. The van der Waals surface area contributed by atoms with E-state index in [0.717, 1.165) is 4.90 Å². The van der Waals surface area contributed by atoms with Gasteiger partial charge in [0, 0.05) is 11.6 Å². The predicted molar refractivity (Wildman–Crippen MR) is 68.3 cm³/mol. The number of hydrogen-bond acceptors (Lipinski definition) is 6. The zero-order chi connectivity index (χ0) is 15.5. The van der Waals surface area contributed by atoms with Gasteiger partial charge in [0.2, 0.25) is 0 Å². The van der Waals surface area contributed by atoms with Gasteiger partial charge in [0.25, 0.3) is 11.8 Å². The van der Waals surface area contributed by atoms with Crippen LogP contribution >= 0.6 is 0 Å². The van der Waals surface area contributed by atoms with Crippen LogP contribution in [0.1, 0.15) is 34.6 Å². The Morgan fingerprint density at radius 2 is 1.95 bits per heavy atom. The first-order valence-corrected chi connectivity index (χ1v) is 6.20. The fraction of sp³-hybridized carbons (Fsp3) is 0.615. The molecular formula is C13H19NO6. The molecule has 0 aromatic rings. The minimum Gasteiger partial charge on any atom is -0.430 e. The average Bonchev–Trinajstić information content (AvgIpc) is 2.57. The topological polar surface area (TPSA) is 82.1 Å². The van der Waals surface area contributed by atoms with Crippen LogP contribution in [0.3, 0.4) is 0 Å². The highest BCUT2D eigenvalue weighted by molar-refractivity contribution is 6.16. The van der Waals surface area contributed by atoms with Crippen LogP contribution in [-0.2, 0) is 24.1 Å². The molecule has 0 N–H and O–H groups in total. The number of rotatable bonds is 4. The van der Waals surface area contributed by atoms with E-state index in [1.54, 1.807) is 34.6 Å². The van der Waals surface area contributed by atoms with Crippen molar-refractivity contribution in [3.63, 3.8) is 0 Å². The number of carbonyl (C=O) groups excluding carboxylic acids is 3. The molecule has 0 aliphatic carbocycles. The van der Waals surface area contributed by atoms with Crippen molar-refractivity contribution in [2.75, 3.05) is 6.61 Å². The molecule has 1 rings (SSSR count). The summed E-state index contributed by atoms with van der Waals surface area (Å²) in [5, 5.41) is 0. The lowest BCUT2D eigenvalue weighted by Gasteiger charge is -2.22. The molecule has 112 valence electrons. The third kappa shape index (κ3) is 4.34. The van der Waals surface area contributed by atoms with Crippen LogP contribution in [0.5, 0.6) is 0 Å². The summed E-state index contributed by atoms with van der Waals surface area (Å²) in [7, 11) is 0. The fourth-order valence-electron chi connectivity index (χ4n) is 1.47. The van der Waals surface area contributed by atoms with E-state index in [-0.39, 0.29) is 12.5 Å². The number of imide groups is 1. The molecule has 0 aromatic carbocycles. The highest BCUT2D eigenvalue weighted by atomic mass is 17.2. The van der Waals surface area contributed by atoms with Crippen LogP contribution in [0.2, 0.25) is 0 Å². The Morgan fingerprint density at radius 1 is 1.35 bits per heavy atom. The van der Waals surface area contributed by atoms with E-state index in [9.17, 15) is 14.4 Å². The van der Waals surface area contributed by atoms with Gasteiger partial charge in [0.15, 0.2) is 0 Å². The maximum Gasteiger partial charge on any atom is 0.540 e. The molecule has 7 heteroatoms. The molecule has 20 heavy (non-hydrogen) atoms. The second kappa shape index (κ2) is 6.04. The monoisotopic (exact) mass is 285 g/mol. The summed E-state index contributed by atoms with van der Waals surface area (Å²) in [5.41, 5.74) is -0.285. The van der Waals surface area contributed by atoms with Gasteiger partial charge in [0.1, 0.15) is 12.2 Å². The van der Waals surface area contributed by atoms with Gasteiger partial charge in [-0.1, -0.05) is 0 Å². The second-order valence-electron chi connectivity index (χ2n) is 5.53. The number of amides is 2. The smallest absolute Gasteiger partial charge is 0.430 e. The Morgan fingerprint density at radius 3 is 2.40 bits per heavy atom. The Labute approximate surface area is 117 Å². The molecule has 1 unspecified atom stereocenters. The van der Waals surface area contributed by atoms with Gasteiger partial charge in [-0.05, 0) is 34.6 Å². The minimum atomic E-state index is -1.02. The van der Waals surface area contributed by atoms with Crippen molar-refractivity contribution in [3.8, 4) is 0 Å². The number of nitrogens with zero attached hydrogens (tertiary/aromatic N) is 1. The zero-order valence-electron chi connectivity index (χ0n) is 12.3. The molecule has 7 nitrogen and oxygen atoms in total. The zero-order valence-corrected chi connectivity index (χ0v) is 12.3. The maximum atomic E-state index is 11.7. The summed E-state index contributed by atoms with van der Waals surface area (Å²) in [6.07, 6.45) is 0.232. The van der Waals surface area contributed by atoms with Gasteiger partial charge in [-0.2, -0.15) is 4.89 Å². The summed E-state index contributed by atoms with van der Waals surface area (Å²) in [6.45, 7) is 8.11. The van der Waals surface area contributed by atoms with Crippen LogP contribution in [0, 0.1) is 0 Å². The lowest BCUT2D eigenvalue weighted by Crippen LogP contribution is -2.41. The largest absolute Gasteiger partial charge is 0.540 e. The van der Waals surface area contributed by atoms with E-state index >= 15 is 0 Å². The minimum absolute atomic E-state index is 0.162. The van der Waals surface area contributed by atoms with Crippen molar-refractivity contribution in [2.45, 2.75) is 46.3 Å². The summed E-state index contributed by atoms with van der Waals surface area (Å²) < 4.78 is 4.79. The molecule has 0 saturated carbocycles. The molecule has 0 saturated heterocycles. The van der Waals surface area contributed by atoms with Crippen molar-refractivity contribution in [2.24, 2.45) is 0 Å². The van der Waals surface area contributed by atoms with Crippen molar-refractivity contribution in [1.29, 1.82) is 0 Å². The van der Waals surface area contributed by atoms with E-state index in [2.05, 4.69) is 4.89 Å². The van der Waals surface area contributed by atoms with E-state index < -0.39 is 23.7 Å². The molecule has 1 heterocycles. The van der Waals surface area contributed by atoms with Gasteiger partial charge >= 0.3 is 6.16 Å². The summed E-state index contributed by atoms with van der Waals surface area (Å²) in [6, 6.07) is -0.578. The number of ether oxygens (including phenoxy) is 1. The quantitative estimate of drug-likeness (QED) is 0.337. The van der Waals surface area contributed by atoms with Gasteiger partial charge in [-0.15, -0.1) is 0 Å². The van der Waals surface area contributed by atoms with E-state index in [0.29, 0.717) is 5.57 Å². The van der Waals surface area contributed by atoms with Crippen molar-refractivity contribution < 1.29 is 28.9 Å². The summed E-state index contributed by atoms with van der Waals surface area (Å²) >= 11 is 0. The van der Waals surface area contributed by atoms with Crippen LogP contribution in [-0.4, -0.2) is 41.1 Å². The lowest BCUT2D eigenvalue weighted by molar-refractivity contribution is -0.312. The third-order valence-corrected chi connectivity index (χ3v) is 2.38.